The summed E-state index contributed by atoms with van der Waals surface area (Å²) < 4.78 is 7.23. The van der Waals surface area contributed by atoms with E-state index >= 15 is 0 Å². The number of thiophene rings is 1. The van der Waals surface area contributed by atoms with Gasteiger partial charge in [-0.05, 0) is 34.1 Å². The number of rotatable bonds is 4. The van der Waals surface area contributed by atoms with E-state index in [1.807, 2.05) is 42.5 Å². The molecule has 0 unspecified atom stereocenters. The van der Waals surface area contributed by atoms with Crippen LogP contribution in [0.4, 0.5) is 5.69 Å². The van der Waals surface area contributed by atoms with Gasteiger partial charge in [0.25, 0.3) is 0 Å². The van der Waals surface area contributed by atoms with Crippen molar-refractivity contribution in [1.29, 1.82) is 0 Å². The fourth-order valence-corrected chi connectivity index (χ4v) is 4.36. The van der Waals surface area contributed by atoms with Crippen LogP contribution in [0.3, 0.4) is 0 Å². The van der Waals surface area contributed by atoms with E-state index in [0.717, 1.165) is 25.7 Å². The lowest BCUT2D eigenvalue weighted by atomic mass is 10.1. The first-order valence-corrected chi connectivity index (χ1v) is 10.1. The van der Waals surface area contributed by atoms with Gasteiger partial charge in [0.2, 0.25) is 17.3 Å². The number of hydrogen-bond acceptors (Lipinski definition) is 7. The van der Waals surface area contributed by atoms with Crippen molar-refractivity contribution in [2.45, 2.75) is 11.4 Å². The van der Waals surface area contributed by atoms with E-state index in [1.54, 1.807) is 11.3 Å². The highest BCUT2D eigenvalue weighted by Crippen LogP contribution is 2.41. The maximum Gasteiger partial charge on any atom is 0.247 e. The Morgan fingerprint density at radius 3 is 2.96 bits per heavy atom. The average Bonchev–Trinajstić information content (AvgIpc) is 2.99. The summed E-state index contributed by atoms with van der Waals surface area (Å²) in [4.78, 5) is 5.61. The Kier molecular flexibility index (Phi) is 4.74. The molecule has 4 rings (SSSR count). The lowest BCUT2D eigenvalue weighted by molar-refractivity contribution is 0.229. The number of nitrogens with zero attached hydrogens (tertiary/aromatic N) is 3. The molecule has 0 radical (unpaired) electrons. The van der Waals surface area contributed by atoms with Crippen molar-refractivity contribution in [1.82, 2.24) is 15.2 Å². The minimum atomic E-state index is -0.340. The number of halogens is 1. The van der Waals surface area contributed by atoms with Gasteiger partial charge >= 0.3 is 0 Å². The Morgan fingerprint density at radius 2 is 2.16 bits per heavy atom. The maximum atomic E-state index is 6.19. The number of anilines is 1. The molecule has 1 aromatic carbocycles. The molecule has 0 saturated carbocycles. The summed E-state index contributed by atoms with van der Waals surface area (Å²) in [6.45, 7) is 3.72. The summed E-state index contributed by atoms with van der Waals surface area (Å²) in [7, 11) is 0. The molecule has 126 valence electrons. The van der Waals surface area contributed by atoms with Gasteiger partial charge in [0.1, 0.15) is 0 Å². The van der Waals surface area contributed by atoms with Crippen LogP contribution in [-0.2, 0) is 0 Å². The monoisotopic (exact) mass is 432 g/mol. The predicted molar refractivity (Wildman–Crippen MR) is 105 cm³/mol. The third-order valence-electron chi connectivity index (χ3n) is 3.52. The average molecular weight is 433 g/mol. The SMILES string of the molecule is C=CCSc1nnc2c(n1)O[C@@H](c1ccc(Br)s1)Nc1ccccc1-2. The zero-order chi connectivity index (χ0) is 17.2. The minimum Gasteiger partial charge on any atom is -0.447 e. The molecule has 1 N–H and O–H groups in total. The molecule has 0 spiro atoms. The second-order valence-corrected chi connectivity index (χ2v) is 8.66. The van der Waals surface area contributed by atoms with Crippen LogP contribution in [0.5, 0.6) is 5.88 Å². The topological polar surface area (TPSA) is 59.9 Å². The van der Waals surface area contributed by atoms with E-state index in [4.69, 9.17) is 4.74 Å². The standard InChI is InChI=1S/C17H13BrN4OS2/c1-2-9-24-17-20-16-14(21-22-17)10-5-3-4-6-11(10)19-15(23-16)12-7-8-13(18)25-12/h2-8,15,19H,1,9H2/t15-/m0/s1. The molecule has 1 aliphatic rings. The Hall–Kier alpha value is -1.90. The summed E-state index contributed by atoms with van der Waals surface area (Å²) in [6.07, 6.45) is 1.47. The molecule has 2 aromatic heterocycles. The fraction of sp³-hybridized carbons (Fsp3) is 0.118. The largest absolute Gasteiger partial charge is 0.447 e. The Bertz CT molecular complexity index is 931. The van der Waals surface area contributed by atoms with Crippen LogP contribution in [-0.4, -0.2) is 20.9 Å². The van der Waals surface area contributed by atoms with Crippen molar-refractivity contribution >= 4 is 44.7 Å². The third-order valence-corrected chi connectivity index (χ3v) is 6.02. The minimum absolute atomic E-state index is 0.340. The van der Waals surface area contributed by atoms with E-state index in [1.165, 1.54) is 11.8 Å². The van der Waals surface area contributed by atoms with Gasteiger partial charge in [-0.1, -0.05) is 36.0 Å². The highest BCUT2D eigenvalue weighted by atomic mass is 79.9. The molecule has 3 heterocycles. The summed E-state index contributed by atoms with van der Waals surface area (Å²) in [5, 5.41) is 12.6. The highest BCUT2D eigenvalue weighted by molar-refractivity contribution is 9.11. The van der Waals surface area contributed by atoms with Gasteiger partial charge in [0.15, 0.2) is 5.69 Å². The number of ether oxygens (including phenoxy) is 1. The van der Waals surface area contributed by atoms with Crippen LogP contribution in [0.1, 0.15) is 11.1 Å². The number of nitrogens with one attached hydrogen (secondary N) is 1. The molecule has 0 bridgehead atoms. The number of fused-ring (bicyclic) bond motifs is 3. The molecule has 0 aliphatic carbocycles. The first-order valence-electron chi connectivity index (χ1n) is 7.51. The smallest absolute Gasteiger partial charge is 0.247 e. The van der Waals surface area contributed by atoms with Crippen LogP contribution < -0.4 is 10.1 Å². The Labute approximate surface area is 161 Å². The summed E-state index contributed by atoms with van der Waals surface area (Å²) in [5.74, 6) is 1.20. The van der Waals surface area contributed by atoms with Gasteiger partial charge in [-0.2, -0.15) is 4.98 Å². The molecule has 3 aromatic rings. The van der Waals surface area contributed by atoms with E-state index < -0.39 is 0 Å². The Morgan fingerprint density at radius 1 is 1.28 bits per heavy atom. The van der Waals surface area contributed by atoms with Crippen LogP contribution in [0.15, 0.2) is 58.0 Å². The predicted octanol–water partition coefficient (Wildman–Crippen LogP) is 5.14. The van der Waals surface area contributed by atoms with Crippen molar-refractivity contribution in [2.75, 3.05) is 11.1 Å². The number of aromatic nitrogens is 3. The van der Waals surface area contributed by atoms with Crippen molar-refractivity contribution in [2.24, 2.45) is 0 Å². The first-order chi connectivity index (χ1) is 12.2. The van der Waals surface area contributed by atoms with Gasteiger partial charge in [0, 0.05) is 17.0 Å². The molecular formula is C17H13BrN4OS2. The molecule has 5 nitrogen and oxygen atoms in total. The molecule has 0 saturated heterocycles. The van der Waals surface area contributed by atoms with Crippen molar-refractivity contribution in [3.05, 3.63) is 57.7 Å². The van der Waals surface area contributed by atoms with Crippen LogP contribution >= 0.6 is 39.0 Å². The van der Waals surface area contributed by atoms with E-state index in [9.17, 15) is 0 Å². The maximum absolute atomic E-state index is 6.19. The lowest BCUT2D eigenvalue weighted by Gasteiger charge is -2.17. The van der Waals surface area contributed by atoms with Crippen LogP contribution in [0.2, 0.25) is 0 Å². The summed E-state index contributed by atoms with van der Waals surface area (Å²) in [5.41, 5.74) is 2.51. The van der Waals surface area contributed by atoms with Gasteiger partial charge in [0.05, 0.1) is 8.66 Å². The third kappa shape index (κ3) is 3.42. The quantitative estimate of drug-likeness (QED) is 0.454. The molecular weight excluding hydrogens is 420 g/mol. The van der Waals surface area contributed by atoms with E-state index in [-0.39, 0.29) is 6.23 Å². The Balaban J connectivity index is 1.80. The van der Waals surface area contributed by atoms with Crippen molar-refractivity contribution < 1.29 is 4.74 Å². The number of benzene rings is 1. The molecule has 1 atom stereocenters. The van der Waals surface area contributed by atoms with Gasteiger partial charge in [-0.25, -0.2) is 0 Å². The van der Waals surface area contributed by atoms with E-state index in [2.05, 4.69) is 43.0 Å². The zero-order valence-corrected chi connectivity index (χ0v) is 16.2. The lowest BCUT2D eigenvalue weighted by Crippen LogP contribution is -2.15. The molecule has 25 heavy (non-hydrogen) atoms. The van der Waals surface area contributed by atoms with Crippen LogP contribution in [0, 0.1) is 0 Å². The van der Waals surface area contributed by atoms with Gasteiger partial charge < -0.3 is 10.1 Å². The molecule has 8 heteroatoms. The van der Waals surface area contributed by atoms with Gasteiger partial charge in [-0.3, -0.25) is 0 Å². The fourth-order valence-electron chi connectivity index (χ4n) is 2.44. The zero-order valence-electron chi connectivity index (χ0n) is 13.0. The molecule has 0 amide bonds. The normalized spacial score (nSPS) is 15.3. The van der Waals surface area contributed by atoms with Crippen molar-refractivity contribution in [3.8, 4) is 17.1 Å². The van der Waals surface area contributed by atoms with Crippen molar-refractivity contribution in [3.63, 3.8) is 0 Å². The molecule has 0 fully saturated rings. The number of para-hydroxylation sites is 1. The second kappa shape index (κ2) is 7.15. The highest BCUT2D eigenvalue weighted by Gasteiger charge is 2.26. The summed E-state index contributed by atoms with van der Waals surface area (Å²) in [6, 6.07) is 12.0. The number of hydrogen-bond donors (Lipinski definition) is 1. The first kappa shape index (κ1) is 16.6. The summed E-state index contributed by atoms with van der Waals surface area (Å²) >= 11 is 6.60. The van der Waals surface area contributed by atoms with E-state index in [0.29, 0.717) is 16.7 Å². The van der Waals surface area contributed by atoms with Gasteiger partial charge in [-0.15, -0.1) is 28.1 Å². The van der Waals surface area contributed by atoms with Crippen LogP contribution in [0.25, 0.3) is 11.3 Å². The second-order valence-electron chi connectivity index (χ2n) is 5.18. The molecule has 1 aliphatic heterocycles. The number of thioether (sulfide) groups is 1.